The topological polar surface area (TPSA) is 66.8 Å². The van der Waals surface area contributed by atoms with Crippen molar-refractivity contribution >= 4 is 23.8 Å². The summed E-state index contributed by atoms with van der Waals surface area (Å²) in [5.41, 5.74) is 0. The zero-order chi connectivity index (χ0) is 14.5. The molecule has 18 heavy (non-hydrogen) atoms. The predicted molar refractivity (Wildman–Crippen MR) is 56.0 cm³/mol. The SMILES string of the molecule is CC(C)C[C@@H](C(=O)O)N(Cl)C(=O)OCC(F)(F)F. The molecule has 0 radical (unpaired) electrons. The van der Waals surface area contributed by atoms with Crippen molar-refractivity contribution in [3.8, 4) is 0 Å². The highest BCUT2D eigenvalue weighted by atomic mass is 35.5. The van der Waals surface area contributed by atoms with Crippen molar-refractivity contribution in [3.05, 3.63) is 0 Å². The maximum absolute atomic E-state index is 11.8. The highest BCUT2D eigenvalue weighted by molar-refractivity contribution is 6.21. The number of ether oxygens (including phenoxy) is 1. The Morgan fingerprint density at radius 1 is 1.39 bits per heavy atom. The first kappa shape index (κ1) is 16.8. The maximum Gasteiger partial charge on any atom is 0.425 e. The minimum absolute atomic E-state index is 0.0000484. The number of hydrogen-bond acceptors (Lipinski definition) is 3. The molecule has 0 aliphatic heterocycles. The Kier molecular flexibility index (Phi) is 6.23. The molecule has 0 heterocycles. The van der Waals surface area contributed by atoms with E-state index in [-0.39, 0.29) is 16.8 Å². The van der Waals surface area contributed by atoms with Gasteiger partial charge in [-0.2, -0.15) is 13.2 Å². The third kappa shape index (κ3) is 6.53. The lowest BCUT2D eigenvalue weighted by Gasteiger charge is -2.22. The van der Waals surface area contributed by atoms with Crippen LogP contribution in [0.2, 0.25) is 0 Å². The van der Waals surface area contributed by atoms with Crippen molar-refractivity contribution < 1.29 is 32.6 Å². The van der Waals surface area contributed by atoms with Crippen LogP contribution < -0.4 is 0 Å². The Morgan fingerprint density at radius 3 is 2.22 bits per heavy atom. The minimum atomic E-state index is -4.69. The van der Waals surface area contributed by atoms with Crippen LogP contribution in [-0.2, 0) is 9.53 Å². The third-order valence-electron chi connectivity index (χ3n) is 1.79. The van der Waals surface area contributed by atoms with Crippen LogP contribution in [0.15, 0.2) is 0 Å². The molecule has 9 heteroatoms. The molecule has 0 aromatic rings. The summed E-state index contributed by atoms with van der Waals surface area (Å²) in [5.74, 6) is -1.52. The zero-order valence-electron chi connectivity index (χ0n) is 9.70. The van der Waals surface area contributed by atoms with Crippen LogP contribution in [0.3, 0.4) is 0 Å². The predicted octanol–water partition coefficient (Wildman–Crippen LogP) is 2.64. The van der Waals surface area contributed by atoms with Crippen LogP contribution in [0.1, 0.15) is 20.3 Å². The van der Waals surface area contributed by atoms with Crippen molar-refractivity contribution in [2.24, 2.45) is 5.92 Å². The second-order valence-electron chi connectivity index (χ2n) is 3.96. The van der Waals surface area contributed by atoms with Gasteiger partial charge in [0.05, 0.1) is 0 Å². The molecule has 0 saturated heterocycles. The molecular weight excluding hydrogens is 279 g/mol. The van der Waals surface area contributed by atoms with Gasteiger partial charge in [0, 0.05) is 11.8 Å². The highest BCUT2D eigenvalue weighted by Crippen LogP contribution is 2.18. The van der Waals surface area contributed by atoms with Gasteiger partial charge in [-0.3, -0.25) is 0 Å². The molecule has 0 aromatic carbocycles. The van der Waals surface area contributed by atoms with E-state index in [0.717, 1.165) is 0 Å². The van der Waals surface area contributed by atoms with E-state index in [1.165, 1.54) is 0 Å². The lowest BCUT2D eigenvalue weighted by atomic mass is 10.0. The lowest BCUT2D eigenvalue weighted by molar-refractivity contribution is -0.162. The molecule has 1 amide bonds. The number of nitrogens with zero attached hydrogens (tertiary/aromatic N) is 1. The molecule has 0 aliphatic carbocycles. The Balaban J connectivity index is 4.52. The Morgan fingerprint density at radius 2 is 1.89 bits per heavy atom. The average Bonchev–Trinajstić information content (AvgIpc) is 2.19. The van der Waals surface area contributed by atoms with Crippen LogP contribution in [0.5, 0.6) is 0 Å². The fourth-order valence-corrected chi connectivity index (χ4v) is 1.28. The molecule has 0 spiro atoms. The molecule has 0 rings (SSSR count). The van der Waals surface area contributed by atoms with Crippen LogP contribution in [0, 0.1) is 5.92 Å². The number of carboxylic acids is 1. The first-order valence-corrected chi connectivity index (χ1v) is 5.29. The smallest absolute Gasteiger partial charge is 0.425 e. The molecule has 0 bridgehead atoms. The van der Waals surface area contributed by atoms with E-state index in [0.29, 0.717) is 0 Å². The van der Waals surface area contributed by atoms with Gasteiger partial charge in [-0.15, -0.1) is 0 Å². The molecule has 0 aromatic heterocycles. The van der Waals surface area contributed by atoms with Gasteiger partial charge in [0.25, 0.3) is 0 Å². The second-order valence-corrected chi connectivity index (χ2v) is 4.33. The average molecular weight is 292 g/mol. The summed E-state index contributed by atoms with van der Waals surface area (Å²) in [6.07, 6.45) is -6.23. The number of halogens is 4. The van der Waals surface area contributed by atoms with Crippen molar-refractivity contribution in [3.63, 3.8) is 0 Å². The number of carbonyl (C=O) groups excluding carboxylic acids is 1. The van der Waals surface area contributed by atoms with Crippen LogP contribution in [0.25, 0.3) is 0 Å². The number of alkyl halides is 3. The van der Waals surface area contributed by atoms with Gasteiger partial charge in [-0.1, -0.05) is 13.8 Å². The van der Waals surface area contributed by atoms with Gasteiger partial charge in [-0.25, -0.2) is 14.0 Å². The molecule has 0 fully saturated rings. The largest absolute Gasteiger partial charge is 0.480 e. The Labute approximate surface area is 107 Å². The third-order valence-corrected chi connectivity index (χ3v) is 2.16. The number of rotatable bonds is 5. The number of aliphatic carboxylic acids is 1. The molecule has 1 atom stereocenters. The minimum Gasteiger partial charge on any atom is -0.480 e. The molecule has 5 nitrogen and oxygen atoms in total. The van der Waals surface area contributed by atoms with E-state index in [9.17, 15) is 22.8 Å². The second kappa shape index (κ2) is 6.67. The van der Waals surface area contributed by atoms with Gasteiger partial charge in [0.15, 0.2) is 6.61 Å². The van der Waals surface area contributed by atoms with Gasteiger partial charge in [-0.05, 0) is 12.3 Å². The zero-order valence-corrected chi connectivity index (χ0v) is 10.5. The Bertz CT molecular complexity index is 309. The number of carboxylic acid groups (broad SMARTS) is 1. The van der Waals surface area contributed by atoms with Gasteiger partial charge in [0.2, 0.25) is 0 Å². The fourth-order valence-electron chi connectivity index (χ4n) is 1.07. The number of hydrogen-bond donors (Lipinski definition) is 1. The molecule has 0 saturated carbocycles. The van der Waals surface area contributed by atoms with E-state index in [1.807, 2.05) is 0 Å². The van der Waals surface area contributed by atoms with Gasteiger partial charge in [0.1, 0.15) is 6.04 Å². The summed E-state index contributed by atoms with van der Waals surface area (Å²) < 4.78 is 39.4. The summed E-state index contributed by atoms with van der Waals surface area (Å²) >= 11 is 5.38. The van der Waals surface area contributed by atoms with Crippen molar-refractivity contribution in [1.82, 2.24) is 4.42 Å². The highest BCUT2D eigenvalue weighted by Gasteiger charge is 2.34. The molecule has 106 valence electrons. The summed E-state index contributed by atoms with van der Waals surface area (Å²) in [7, 11) is 0. The summed E-state index contributed by atoms with van der Waals surface area (Å²) in [5, 5.41) is 8.81. The van der Waals surface area contributed by atoms with Crippen molar-refractivity contribution in [2.45, 2.75) is 32.5 Å². The van der Waals surface area contributed by atoms with E-state index >= 15 is 0 Å². The number of amides is 1. The summed E-state index contributed by atoms with van der Waals surface area (Å²) in [4.78, 5) is 22.0. The molecule has 0 aliphatic rings. The van der Waals surface area contributed by atoms with Gasteiger partial charge >= 0.3 is 18.2 Å². The van der Waals surface area contributed by atoms with Crippen LogP contribution in [-0.4, -0.2) is 40.4 Å². The molecule has 0 unspecified atom stereocenters. The quantitative estimate of drug-likeness (QED) is 0.791. The van der Waals surface area contributed by atoms with Gasteiger partial charge < -0.3 is 9.84 Å². The number of carbonyl (C=O) groups is 2. The fraction of sp³-hybridized carbons (Fsp3) is 0.778. The van der Waals surface area contributed by atoms with E-state index in [2.05, 4.69) is 4.74 Å². The monoisotopic (exact) mass is 291 g/mol. The Hall–Kier alpha value is -1.18. The summed E-state index contributed by atoms with van der Waals surface area (Å²) in [6.45, 7) is 1.55. The first-order valence-electron chi connectivity index (χ1n) is 4.96. The van der Waals surface area contributed by atoms with Crippen LogP contribution in [0.4, 0.5) is 18.0 Å². The first-order chi connectivity index (χ1) is 8.04. The maximum atomic E-state index is 11.8. The van der Waals surface area contributed by atoms with E-state index in [4.69, 9.17) is 16.9 Å². The standard InChI is InChI=1S/C9H13ClF3NO4/c1-5(2)3-6(7(15)16)14(10)8(17)18-4-9(11,12)13/h5-6H,3-4H2,1-2H3,(H,15,16)/t6-/m0/s1. The van der Waals surface area contributed by atoms with E-state index in [1.54, 1.807) is 13.8 Å². The van der Waals surface area contributed by atoms with Crippen molar-refractivity contribution in [1.29, 1.82) is 0 Å². The molecular formula is C9H13ClF3NO4. The van der Waals surface area contributed by atoms with Crippen molar-refractivity contribution in [2.75, 3.05) is 6.61 Å². The normalized spacial score (nSPS) is 13.3. The molecule has 1 N–H and O–H groups in total. The summed E-state index contributed by atoms with van der Waals surface area (Å²) in [6, 6.07) is -1.44. The van der Waals surface area contributed by atoms with Crippen LogP contribution >= 0.6 is 11.8 Å². The lowest BCUT2D eigenvalue weighted by Crippen LogP contribution is -2.41. The van der Waals surface area contributed by atoms with E-state index < -0.39 is 30.9 Å².